The summed E-state index contributed by atoms with van der Waals surface area (Å²) in [5.41, 5.74) is 7.68. The van der Waals surface area contributed by atoms with Gasteiger partial charge in [0, 0.05) is 6.61 Å². The molecule has 0 aromatic heterocycles. The van der Waals surface area contributed by atoms with E-state index >= 15 is 0 Å². The second-order valence-corrected chi connectivity index (χ2v) is 8.12. The minimum Gasteiger partial charge on any atom is -0.396 e. The van der Waals surface area contributed by atoms with E-state index in [1.54, 1.807) is 0 Å². The summed E-state index contributed by atoms with van der Waals surface area (Å²) in [4.78, 5) is 0. The van der Waals surface area contributed by atoms with Gasteiger partial charge in [0.15, 0.2) is 0 Å². The Morgan fingerprint density at radius 2 is 1.46 bits per heavy atom. The van der Waals surface area contributed by atoms with Crippen molar-refractivity contribution in [3.8, 4) is 0 Å². The lowest BCUT2D eigenvalue weighted by molar-refractivity contribution is 0.299. The molecule has 138 valence electrons. The molecule has 0 fully saturated rings. The van der Waals surface area contributed by atoms with Crippen LogP contribution in [0.3, 0.4) is 0 Å². The maximum absolute atomic E-state index is 9.22. The van der Waals surface area contributed by atoms with Crippen molar-refractivity contribution < 1.29 is 5.11 Å². The van der Waals surface area contributed by atoms with Gasteiger partial charge in [0.2, 0.25) is 0 Å². The predicted octanol–water partition coefficient (Wildman–Crippen LogP) is 6.32. The largest absolute Gasteiger partial charge is 0.396 e. The Morgan fingerprint density at radius 1 is 0.923 bits per heavy atom. The third-order valence-electron chi connectivity index (χ3n) is 4.59. The topological polar surface area (TPSA) is 20.2 Å². The predicted molar refractivity (Wildman–Crippen MR) is 114 cm³/mol. The van der Waals surface area contributed by atoms with Gasteiger partial charge in [-0.2, -0.15) is 0 Å². The molecule has 0 amide bonds. The summed E-state index contributed by atoms with van der Waals surface area (Å²) >= 11 is 0. The van der Waals surface area contributed by atoms with Gasteiger partial charge >= 0.3 is 0 Å². The number of benzene rings is 2. The standard InChI is InChI=1S/C25H32O/c1-19(10-11-23-8-6-7-9-24(23)16-17-26)21-12-14-22(15-13-21)20(2)18-25(3,4)5/h6-9,12-15,18,26H,1,10-11,16-17H2,2-5H3/b20-18+. The minimum atomic E-state index is 0.189. The normalized spacial score (nSPS) is 12.3. The fraction of sp³-hybridized carbons (Fsp3) is 0.360. The molecule has 0 radical (unpaired) electrons. The molecule has 0 aliphatic heterocycles. The quantitative estimate of drug-likeness (QED) is 0.621. The molecule has 2 rings (SSSR count). The first-order valence-electron chi connectivity index (χ1n) is 9.46. The highest BCUT2D eigenvalue weighted by atomic mass is 16.2. The Balaban J connectivity index is 2.04. The first-order valence-corrected chi connectivity index (χ1v) is 9.46. The van der Waals surface area contributed by atoms with E-state index in [-0.39, 0.29) is 12.0 Å². The summed E-state index contributed by atoms with van der Waals surface area (Å²) in [5.74, 6) is 0. The van der Waals surface area contributed by atoms with Gasteiger partial charge in [-0.05, 0) is 65.0 Å². The third-order valence-corrected chi connectivity index (χ3v) is 4.59. The average molecular weight is 349 g/mol. The van der Waals surface area contributed by atoms with Crippen LogP contribution in [0.25, 0.3) is 11.1 Å². The first kappa shape index (κ1) is 20.2. The van der Waals surface area contributed by atoms with Crippen LogP contribution in [0.2, 0.25) is 0 Å². The molecule has 1 N–H and O–H groups in total. The fourth-order valence-electron chi connectivity index (χ4n) is 3.30. The molecule has 0 heterocycles. The van der Waals surface area contributed by atoms with Gasteiger partial charge in [-0.1, -0.05) is 82.0 Å². The van der Waals surface area contributed by atoms with Crippen molar-refractivity contribution in [1.82, 2.24) is 0 Å². The van der Waals surface area contributed by atoms with Crippen LogP contribution in [0, 0.1) is 5.41 Å². The molecule has 0 bridgehead atoms. The summed E-state index contributed by atoms with van der Waals surface area (Å²) in [7, 11) is 0. The van der Waals surface area contributed by atoms with Gasteiger partial charge < -0.3 is 5.11 Å². The smallest absolute Gasteiger partial charge is 0.0471 e. The number of allylic oxidation sites excluding steroid dienone is 3. The molecule has 0 aliphatic carbocycles. The van der Waals surface area contributed by atoms with E-state index in [0.717, 1.165) is 24.8 Å². The maximum Gasteiger partial charge on any atom is 0.0471 e. The molecule has 2 aromatic carbocycles. The van der Waals surface area contributed by atoms with Crippen molar-refractivity contribution in [2.75, 3.05) is 6.61 Å². The van der Waals surface area contributed by atoms with Gasteiger partial charge in [-0.25, -0.2) is 0 Å². The van der Waals surface area contributed by atoms with Crippen molar-refractivity contribution >= 4 is 11.1 Å². The van der Waals surface area contributed by atoms with E-state index in [1.165, 1.54) is 27.8 Å². The molecule has 0 spiro atoms. The summed E-state index contributed by atoms with van der Waals surface area (Å²) in [6.45, 7) is 13.3. The summed E-state index contributed by atoms with van der Waals surface area (Å²) in [6, 6.07) is 17.1. The van der Waals surface area contributed by atoms with E-state index < -0.39 is 0 Å². The molecule has 1 nitrogen and oxygen atoms in total. The highest BCUT2D eigenvalue weighted by molar-refractivity contribution is 5.69. The summed E-state index contributed by atoms with van der Waals surface area (Å²) < 4.78 is 0. The zero-order chi connectivity index (χ0) is 19.2. The van der Waals surface area contributed by atoms with Crippen LogP contribution in [0.5, 0.6) is 0 Å². The van der Waals surface area contributed by atoms with E-state index in [2.05, 4.69) is 82.8 Å². The van der Waals surface area contributed by atoms with Crippen molar-refractivity contribution in [2.45, 2.75) is 47.0 Å². The molecule has 0 saturated heterocycles. The lowest BCUT2D eigenvalue weighted by atomic mass is 9.91. The number of hydrogen-bond acceptors (Lipinski definition) is 1. The first-order chi connectivity index (χ1) is 12.3. The Morgan fingerprint density at radius 3 is 2.00 bits per heavy atom. The lowest BCUT2D eigenvalue weighted by Crippen LogP contribution is -2.00. The number of aryl methyl sites for hydroxylation is 1. The number of aliphatic hydroxyl groups is 1. The summed E-state index contributed by atoms with van der Waals surface area (Å²) in [5, 5.41) is 9.22. The Bertz CT molecular complexity index is 757. The van der Waals surface area contributed by atoms with E-state index in [9.17, 15) is 5.11 Å². The second-order valence-electron chi connectivity index (χ2n) is 8.12. The molecule has 0 saturated carbocycles. The monoisotopic (exact) mass is 348 g/mol. The zero-order valence-electron chi connectivity index (χ0n) is 16.7. The minimum absolute atomic E-state index is 0.189. The van der Waals surface area contributed by atoms with E-state index in [0.29, 0.717) is 0 Å². The van der Waals surface area contributed by atoms with Gasteiger partial charge in [-0.15, -0.1) is 0 Å². The van der Waals surface area contributed by atoms with Crippen LogP contribution in [0.15, 0.2) is 61.2 Å². The molecule has 2 aromatic rings. The van der Waals surface area contributed by atoms with Gasteiger partial charge in [0.25, 0.3) is 0 Å². The molecule has 26 heavy (non-hydrogen) atoms. The van der Waals surface area contributed by atoms with Crippen molar-refractivity contribution in [2.24, 2.45) is 5.41 Å². The average Bonchev–Trinajstić information content (AvgIpc) is 2.59. The lowest BCUT2D eigenvalue weighted by Gasteiger charge is -2.15. The summed E-state index contributed by atoms with van der Waals surface area (Å²) in [6.07, 6.45) is 4.92. The van der Waals surface area contributed by atoms with Crippen LogP contribution in [0.4, 0.5) is 0 Å². The van der Waals surface area contributed by atoms with Crippen molar-refractivity contribution in [3.63, 3.8) is 0 Å². The molecule has 0 aliphatic rings. The SMILES string of the molecule is C=C(CCc1ccccc1CCO)c1ccc(/C(C)=C/C(C)(C)C)cc1. The van der Waals surface area contributed by atoms with Gasteiger partial charge in [0.05, 0.1) is 0 Å². The van der Waals surface area contributed by atoms with Crippen LogP contribution < -0.4 is 0 Å². The van der Waals surface area contributed by atoms with Gasteiger partial charge in [0.1, 0.15) is 0 Å². The van der Waals surface area contributed by atoms with E-state index in [1.807, 2.05) is 6.07 Å². The van der Waals surface area contributed by atoms with Crippen LogP contribution >= 0.6 is 0 Å². The number of hydrogen-bond donors (Lipinski definition) is 1. The Kier molecular flexibility index (Phi) is 6.99. The Labute approximate surface area is 159 Å². The molecule has 1 heteroatoms. The van der Waals surface area contributed by atoms with Crippen molar-refractivity contribution in [3.05, 3.63) is 83.4 Å². The van der Waals surface area contributed by atoms with E-state index in [4.69, 9.17) is 0 Å². The molecule has 0 atom stereocenters. The highest BCUT2D eigenvalue weighted by Crippen LogP contribution is 2.26. The molecule has 0 unspecified atom stereocenters. The molecular formula is C25H32O. The van der Waals surface area contributed by atoms with Crippen molar-refractivity contribution in [1.29, 1.82) is 0 Å². The van der Waals surface area contributed by atoms with Gasteiger partial charge in [-0.3, -0.25) is 0 Å². The third kappa shape index (κ3) is 6.00. The number of aliphatic hydroxyl groups excluding tert-OH is 1. The molecular weight excluding hydrogens is 316 g/mol. The Hall–Kier alpha value is -2.12. The maximum atomic E-state index is 9.22. The fourth-order valence-corrected chi connectivity index (χ4v) is 3.30. The second kappa shape index (κ2) is 9.00. The van der Waals surface area contributed by atoms with Crippen LogP contribution in [0.1, 0.15) is 56.4 Å². The number of rotatable bonds is 7. The highest BCUT2D eigenvalue weighted by Gasteiger charge is 2.08. The van der Waals surface area contributed by atoms with Crippen LogP contribution in [-0.2, 0) is 12.8 Å². The van der Waals surface area contributed by atoms with Crippen LogP contribution in [-0.4, -0.2) is 11.7 Å². The zero-order valence-corrected chi connectivity index (χ0v) is 16.7.